The van der Waals surface area contributed by atoms with Gasteiger partial charge in [-0.15, -0.1) is 0 Å². The maximum Gasteiger partial charge on any atom is 0.228 e. The van der Waals surface area contributed by atoms with Crippen LogP contribution in [0.3, 0.4) is 0 Å². The number of amides is 3. The largest absolute Gasteiger partial charge is 0.348 e. The smallest absolute Gasteiger partial charge is 0.228 e. The van der Waals surface area contributed by atoms with Crippen LogP contribution in [0.2, 0.25) is 0 Å². The summed E-state index contributed by atoms with van der Waals surface area (Å²) >= 11 is 0. The number of carbonyl (C=O) groups is 3. The van der Waals surface area contributed by atoms with E-state index in [4.69, 9.17) is 0 Å². The number of carbonyl (C=O) groups excluding carboxylic acids is 3. The first-order valence-electron chi connectivity index (χ1n) is 10.7. The molecule has 1 aromatic rings. The molecule has 1 aliphatic carbocycles. The van der Waals surface area contributed by atoms with E-state index in [1.54, 1.807) is 4.90 Å². The first-order chi connectivity index (χ1) is 14.4. The van der Waals surface area contributed by atoms with E-state index in [0.717, 1.165) is 18.9 Å². The lowest BCUT2D eigenvalue weighted by Gasteiger charge is -2.39. The molecule has 30 heavy (non-hydrogen) atoms. The molecule has 3 atom stereocenters. The SMILES string of the molecule is O=C1CCC[C@]2(CN(C(=O)[C@H]3CC(=O)N(C4CC4)C3)C[C@H]2c2ccc(F)c(F)c2)N1. The zero-order valence-electron chi connectivity index (χ0n) is 16.7. The second-order valence-corrected chi connectivity index (χ2v) is 9.18. The van der Waals surface area contributed by atoms with E-state index in [2.05, 4.69) is 5.32 Å². The number of hydrogen-bond acceptors (Lipinski definition) is 3. The zero-order chi connectivity index (χ0) is 21.0. The Kier molecular flexibility index (Phi) is 4.56. The summed E-state index contributed by atoms with van der Waals surface area (Å²) in [7, 11) is 0. The number of piperidine rings is 1. The molecule has 5 rings (SSSR count). The highest BCUT2D eigenvalue weighted by atomic mass is 19.2. The maximum atomic E-state index is 13.9. The van der Waals surface area contributed by atoms with Crippen molar-refractivity contribution >= 4 is 17.7 Å². The van der Waals surface area contributed by atoms with Gasteiger partial charge in [0.1, 0.15) is 0 Å². The molecule has 1 saturated carbocycles. The summed E-state index contributed by atoms with van der Waals surface area (Å²) in [6.07, 6.45) is 4.01. The fourth-order valence-electron chi connectivity index (χ4n) is 5.47. The number of nitrogens with zero attached hydrogens (tertiary/aromatic N) is 2. The van der Waals surface area contributed by atoms with Gasteiger partial charge < -0.3 is 15.1 Å². The lowest BCUT2D eigenvalue weighted by Crippen LogP contribution is -2.56. The lowest BCUT2D eigenvalue weighted by molar-refractivity contribution is -0.135. The number of likely N-dealkylation sites (tertiary alicyclic amines) is 2. The molecule has 0 bridgehead atoms. The zero-order valence-corrected chi connectivity index (χ0v) is 16.7. The number of hydrogen-bond donors (Lipinski definition) is 1. The van der Waals surface area contributed by atoms with Crippen LogP contribution < -0.4 is 5.32 Å². The molecule has 160 valence electrons. The summed E-state index contributed by atoms with van der Waals surface area (Å²) in [5.74, 6) is -2.69. The highest BCUT2D eigenvalue weighted by Crippen LogP contribution is 2.43. The summed E-state index contributed by atoms with van der Waals surface area (Å²) in [5.41, 5.74) is -0.109. The van der Waals surface area contributed by atoms with Crippen molar-refractivity contribution in [3.05, 3.63) is 35.4 Å². The van der Waals surface area contributed by atoms with E-state index >= 15 is 0 Å². The summed E-state index contributed by atoms with van der Waals surface area (Å²) in [4.78, 5) is 41.3. The van der Waals surface area contributed by atoms with E-state index in [-0.39, 0.29) is 42.0 Å². The second-order valence-electron chi connectivity index (χ2n) is 9.18. The summed E-state index contributed by atoms with van der Waals surface area (Å²) < 4.78 is 27.4. The Morgan fingerprint density at radius 2 is 1.93 bits per heavy atom. The van der Waals surface area contributed by atoms with Crippen molar-refractivity contribution in [1.29, 1.82) is 0 Å². The van der Waals surface area contributed by atoms with Crippen LogP contribution in [0, 0.1) is 17.6 Å². The minimum Gasteiger partial charge on any atom is -0.348 e. The molecule has 4 aliphatic rings. The van der Waals surface area contributed by atoms with E-state index in [1.165, 1.54) is 12.1 Å². The minimum absolute atomic E-state index is 0.0351. The van der Waals surface area contributed by atoms with Gasteiger partial charge in [0.05, 0.1) is 11.5 Å². The van der Waals surface area contributed by atoms with E-state index in [1.807, 2.05) is 4.90 Å². The third-order valence-corrected chi connectivity index (χ3v) is 7.11. The van der Waals surface area contributed by atoms with Gasteiger partial charge in [-0.3, -0.25) is 14.4 Å². The van der Waals surface area contributed by atoms with Crippen LogP contribution in [0.5, 0.6) is 0 Å². The van der Waals surface area contributed by atoms with Gasteiger partial charge in [-0.25, -0.2) is 8.78 Å². The highest BCUT2D eigenvalue weighted by molar-refractivity contribution is 5.90. The molecule has 3 heterocycles. The fraction of sp³-hybridized carbons (Fsp3) is 0.591. The van der Waals surface area contributed by atoms with Gasteiger partial charge in [0.2, 0.25) is 17.7 Å². The van der Waals surface area contributed by atoms with Gasteiger partial charge >= 0.3 is 0 Å². The van der Waals surface area contributed by atoms with Crippen LogP contribution in [-0.2, 0) is 14.4 Å². The number of halogens is 2. The predicted molar refractivity (Wildman–Crippen MR) is 103 cm³/mol. The fourth-order valence-corrected chi connectivity index (χ4v) is 5.47. The van der Waals surface area contributed by atoms with Crippen molar-refractivity contribution in [1.82, 2.24) is 15.1 Å². The Morgan fingerprint density at radius 1 is 1.13 bits per heavy atom. The van der Waals surface area contributed by atoms with Crippen LogP contribution in [-0.4, -0.2) is 58.7 Å². The van der Waals surface area contributed by atoms with Gasteiger partial charge in [-0.05, 0) is 43.4 Å². The molecule has 3 saturated heterocycles. The Morgan fingerprint density at radius 3 is 2.63 bits per heavy atom. The number of nitrogens with one attached hydrogen (secondary N) is 1. The maximum absolute atomic E-state index is 13.9. The molecular weight excluding hydrogens is 392 g/mol. The van der Waals surface area contributed by atoms with Gasteiger partial charge in [0.15, 0.2) is 11.6 Å². The molecule has 8 heteroatoms. The first-order valence-corrected chi connectivity index (χ1v) is 10.7. The van der Waals surface area contributed by atoms with Crippen molar-refractivity contribution in [2.24, 2.45) is 5.92 Å². The summed E-state index contributed by atoms with van der Waals surface area (Å²) in [6.45, 7) is 1.10. The van der Waals surface area contributed by atoms with E-state index < -0.39 is 17.2 Å². The summed E-state index contributed by atoms with van der Waals surface area (Å²) in [6, 6.07) is 4.09. The van der Waals surface area contributed by atoms with Gasteiger partial charge in [0.25, 0.3) is 0 Å². The Labute approximate surface area is 173 Å². The van der Waals surface area contributed by atoms with Crippen molar-refractivity contribution in [3.8, 4) is 0 Å². The van der Waals surface area contributed by atoms with E-state index in [9.17, 15) is 23.2 Å². The van der Waals surface area contributed by atoms with Crippen LogP contribution in [0.25, 0.3) is 0 Å². The van der Waals surface area contributed by atoms with Gasteiger partial charge in [-0.2, -0.15) is 0 Å². The van der Waals surface area contributed by atoms with Crippen molar-refractivity contribution < 1.29 is 23.2 Å². The van der Waals surface area contributed by atoms with Crippen LogP contribution in [0.1, 0.15) is 50.0 Å². The van der Waals surface area contributed by atoms with Crippen molar-refractivity contribution in [2.75, 3.05) is 19.6 Å². The highest BCUT2D eigenvalue weighted by Gasteiger charge is 2.52. The van der Waals surface area contributed by atoms with E-state index in [0.29, 0.717) is 44.5 Å². The predicted octanol–water partition coefficient (Wildman–Crippen LogP) is 1.94. The molecule has 3 amide bonds. The quantitative estimate of drug-likeness (QED) is 0.817. The van der Waals surface area contributed by atoms with Crippen molar-refractivity contribution in [3.63, 3.8) is 0 Å². The minimum atomic E-state index is -0.934. The Balaban J connectivity index is 1.41. The molecule has 0 aromatic heterocycles. The molecule has 1 aromatic carbocycles. The third-order valence-electron chi connectivity index (χ3n) is 7.11. The average molecular weight is 417 g/mol. The molecule has 4 fully saturated rings. The summed E-state index contributed by atoms with van der Waals surface area (Å²) in [5, 5.41) is 3.07. The Hall–Kier alpha value is -2.51. The average Bonchev–Trinajstić information content (AvgIpc) is 3.39. The molecule has 3 aliphatic heterocycles. The topological polar surface area (TPSA) is 69.7 Å². The molecule has 0 radical (unpaired) electrons. The van der Waals surface area contributed by atoms with Crippen LogP contribution >= 0.6 is 0 Å². The molecule has 1 N–H and O–H groups in total. The van der Waals surface area contributed by atoms with Crippen molar-refractivity contribution in [2.45, 2.75) is 56.0 Å². The monoisotopic (exact) mass is 417 g/mol. The molecule has 6 nitrogen and oxygen atoms in total. The molecular formula is C22H25F2N3O3. The molecule has 1 spiro atoms. The normalized spacial score (nSPS) is 31.5. The standard InChI is InChI=1S/C22H25F2N3O3/c23-17-6-3-13(8-18(17)24)16-11-26(12-22(16)7-1-2-19(28)25-22)21(30)14-9-20(29)27(10-14)15-4-5-15/h3,6,8,14-16H,1-2,4-5,7,9-12H2,(H,25,28)/t14-,16-,22+/m0/s1. The van der Waals surface area contributed by atoms with Crippen LogP contribution in [0.4, 0.5) is 8.78 Å². The van der Waals surface area contributed by atoms with Gasteiger partial charge in [-0.1, -0.05) is 6.07 Å². The third kappa shape index (κ3) is 3.26. The number of benzene rings is 1. The van der Waals surface area contributed by atoms with Gasteiger partial charge in [0, 0.05) is 44.4 Å². The second kappa shape index (κ2) is 7.03. The number of rotatable bonds is 3. The first kappa shape index (κ1) is 19.5. The Bertz CT molecular complexity index is 919. The lowest BCUT2D eigenvalue weighted by atomic mass is 9.76. The molecule has 0 unspecified atom stereocenters. The van der Waals surface area contributed by atoms with Crippen LogP contribution in [0.15, 0.2) is 18.2 Å².